The van der Waals surface area contributed by atoms with Crippen molar-refractivity contribution in [3.05, 3.63) is 71.3 Å². The average molecular weight is 509 g/mol. The van der Waals surface area contributed by atoms with E-state index in [2.05, 4.69) is 20.6 Å². The van der Waals surface area contributed by atoms with Crippen LogP contribution in [0.25, 0.3) is 0 Å². The number of halogens is 1. The van der Waals surface area contributed by atoms with Crippen LogP contribution in [0.4, 0.5) is 21.8 Å². The minimum atomic E-state index is -0.987. The summed E-state index contributed by atoms with van der Waals surface area (Å²) in [6, 6.07) is 16.6. The Morgan fingerprint density at radius 2 is 1.92 bits per heavy atom. The van der Waals surface area contributed by atoms with Crippen molar-refractivity contribution in [2.75, 3.05) is 22.6 Å². The van der Waals surface area contributed by atoms with Crippen LogP contribution in [0.15, 0.2) is 59.6 Å². The number of ether oxygens (including phenoxy) is 1. The third-order valence-corrected chi connectivity index (χ3v) is 5.74. The van der Waals surface area contributed by atoms with Gasteiger partial charge in [-0.2, -0.15) is 10.2 Å². The molecule has 0 aliphatic heterocycles. The number of rotatable bonds is 11. The summed E-state index contributed by atoms with van der Waals surface area (Å²) in [5.74, 6) is -0.998. The normalized spacial score (nSPS) is 11.2. The second-order valence-corrected chi connectivity index (χ2v) is 8.43. The van der Waals surface area contributed by atoms with Crippen LogP contribution in [-0.4, -0.2) is 34.1 Å². The fourth-order valence-corrected chi connectivity index (χ4v) is 3.81. The highest BCUT2D eigenvalue weighted by Gasteiger charge is 2.24. The SMILES string of the molecule is CSc1nc(N)nc(N[C@@H](CCC(=O)OCc2ccccc2)C(=O)Nc2cccc(CF)c2)c1C#N. The van der Waals surface area contributed by atoms with Crippen molar-refractivity contribution in [1.29, 1.82) is 5.26 Å². The number of anilines is 3. The molecule has 0 unspecified atom stereocenters. The lowest BCUT2D eigenvalue weighted by Crippen LogP contribution is -2.36. The molecule has 4 N–H and O–H groups in total. The highest BCUT2D eigenvalue weighted by molar-refractivity contribution is 7.98. The van der Waals surface area contributed by atoms with E-state index >= 15 is 0 Å². The number of esters is 1. The maximum Gasteiger partial charge on any atom is 0.306 e. The van der Waals surface area contributed by atoms with Gasteiger partial charge < -0.3 is 21.1 Å². The van der Waals surface area contributed by atoms with E-state index in [-0.39, 0.29) is 36.8 Å². The average Bonchev–Trinajstić information content (AvgIpc) is 2.90. The van der Waals surface area contributed by atoms with E-state index in [0.29, 0.717) is 16.3 Å². The Morgan fingerprint density at radius 3 is 2.61 bits per heavy atom. The van der Waals surface area contributed by atoms with Crippen LogP contribution < -0.4 is 16.4 Å². The van der Waals surface area contributed by atoms with Crippen molar-refractivity contribution >= 4 is 41.1 Å². The molecule has 186 valence electrons. The second-order valence-electron chi connectivity index (χ2n) is 7.63. The number of nitrogens with two attached hydrogens (primary N) is 1. The van der Waals surface area contributed by atoms with Crippen molar-refractivity contribution in [2.24, 2.45) is 0 Å². The molecule has 0 bridgehead atoms. The number of aromatic nitrogens is 2. The number of alkyl halides is 1. The molecule has 0 spiro atoms. The number of benzene rings is 2. The minimum Gasteiger partial charge on any atom is -0.461 e. The number of hydrogen-bond donors (Lipinski definition) is 3. The maximum absolute atomic E-state index is 13.2. The number of amides is 1. The summed E-state index contributed by atoms with van der Waals surface area (Å²) in [4.78, 5) is 33.7. The van der Waals surface area contributed by atoms with Gasteiger partial charge in [0.2, 0.25) is 11.9 Å². The van der Waals surface area contributed by atoms with Gasteiger partial charge in [0.05, 0.1) is 0 Å². The van der Waals surface area contributed by atoms with Crippen LogP contribution in [0.1, 0.15) is 29.5 Å². The molecular formula is C25H25FN6O3S. The molecule has 0 saturated carbocycles. The third kappa shape index (κ3) is 7.41. The standard InChI is InChI=1S/C25H25FN6O3S/c1-36-24-19(14-27)22(31-25(28)32-24)30-20(23(34)29-18-9-5-8-17(12-18)13-26)10-11-21(33)35-15-16-6-3-2-4-7-16/h2-9,12,20H,10-11,13,15H2,1H3,(H,29,34)(H3,28,30,31,32)/t20-/m0/s1. The molecule has 9 nitrogen and oxygen atoms in total. The molecule has 1 amide bonds. The first kappa shape index (κ1) is 26.4. The molecule has 0 aliphatic carbocycles. The molecule has 0 radical (unpaired) electrons. The zero-order chi connectivity index (χ0) is 25.9. The monoisotopic (exact) mass is 508 g/mol. The van der Waals surface area contributed by atoms with Crippen molar-refractivity contribution in [2.45, 2.75) is 37.2 Å². The lowest BCUT2D eigenvalue weighted by atomic mass is 10.1. The lowest BCUT2D eigenvalue weighted by Gasteiger charge is -2.20. The van der Waals surface area contributed by atoms with Gasteiger partial charge in [0.1, 0.15) is 36.0 Å². The fourth-order valence-electron chi connectivity index (χ4n) is 3.28. The summed E-state index contributed by atoms with van der Waals surface area (Å²) < 4.78 is 18.4. The van der Waals surface area contributed by atoms with Crippen LogP contribution in [0.2, 0.25) is 0 Å². The first-order valence-corrected chi connectivity index (χ1v) is 12.2. The largest absolute Gasteiger partial charge is 0.461 e. The van der Waals surface area contributed by atoms with Gasteiger partial charge in [0.25, 0.3) is 0 Å². The predicted molar refractivity (Wildman–Crippen MR) is 136 cm³/mol. The molecule has 36 heavy (non-hydrogen) atoms. The first-order chi connectivity index (χ1) is 17.4. The number of hydrogen-bond acceptors (Lipinski definition) is 9. The molecule has 0 saturated heterocycles. The summed E-state index contributed by atoms with van der Waals surface area (Å²) in [6.07, 6.45) is 1.68. The molecule has 1 aromatic heterocycles. The van der Waals surface area contributed by atoms with Gasteiger partial charge in [-0.25, -0.2) is 9.37 Å². The summed E-state index contributed by atoms with van der Waals surface area (Å²) >= 11 is 1.21. The van der Waals surface area contributed by atoms with Crippen molar-refractivity contribution in [3.63, 3.8) is 0 Å². The Hall–Kier alpha value is -4.17. The van der Waals surface area contributed by atoms with Crippen LogP contribution >= 0.6 is 11.8 Å². The Labute approximate surface area is 212 Å². The van der Waals surface area contributed by atoms with E-state index in [1.807, 2.05) is 36.4 Å². The van der Waals surface area contributed by atoms with Crippen LogP contribution in [-0.2, 0) is 27.6 Å². The molecule has 3 aromatic rings. The summed E-state index contributed by atoms with van der Waals surface area (Å²) in [7, 11) is 0. The molecule has 2 aromatic carbocycles. The van der Waals surface area contributed by atoms with Gasteiger partial charge in [-0.3, -0.25) is 9.59 Å². The third-order valence-electron chi connectivity index (χ3n) is 5.05. The molecule has 1 atom stereocenters. The van der Waals surface area contributed by atoms with Gasteiger partial charge in [0, 0.05) is 12.1 Å². The summed E-state index contributed by atoms with van der Waals surface area (Å²) in [5, 5.41) is 15.6. The number of nitrogens with one attached hydrogen (secondary N) is 2. The zero-order valence-electron chi connectivity index (χ0n) is 19.5. The summed E-state index contributed by atoms with van der Waals surface area (Å²) in [6.45, 7) is -0.570. The Kier molecular flexibility index (Phi) is 9.59. The number of carbonyl (C=O) groups is 2. The molecule has 0 fully saturated rings. The number of carbonyl (C=O) groups excluding carboxylic acids is 2. The minimum absolute atomic E-state index is 0.0334. The number of nitrogen functional groups attached to an aromatic ring is 1. The summed E-state index contributed by atoms with van der Waals surface area (Å²) in [5.41, 5.74) is 7.55. The van der Waals surface area contributed by atoms with Gasteiger partial charge in [0.15, 0.2) is 5.82 Å². The van der Waals surface area contributed by atoms with E-state index in [1.54, 1.807) is 24.5 Å². The Bertz CT molecular complexity index is 1250. The first-order valence-electron chi connectivity index (χ1n) is 11.0. The molecule has 3 rings (SSSR count). The Morgan fingerprint density at radius 1 is 1.17 bits per heavy atom. The van der Waals surface area contributed by atoms with Crippen molar-refractivity contribution in [1.82, 2.24) is 9.97 Å². The van der Waals surface area contributed by atoms with Crippen LogP contribution in [0.5, 0.6) is 0 Å². The van der Waals surface area contributed by atoms with Gasteiger partial charge in [-0.05, 0) is 35.9 Å². The van der Waals surface area contributed by atoms with Gasteiger partial charge in [-0.15, -0.1) is 11.8 Å². The number of nitrogens with zero attached hydrogens (tertiary/aromatic N) is 3. The van der Waals surface area contributed by atoms with Gasteiger partial charge >= 0.3 is 5.97 Å². The molecule has 11 heteroatoms. The van der Waals surface area contributed by atoms with E-state index in [1.165, 1.54) is 17.8 Å². The quantitative estimate of drug-likeness (QED) is 0.198. The van der Waals surface area contributed by atoms with Gasteiger partial charge in [-0.1, -0.05) is 42.5 Å². The van der Waals surface area contributed by atoms with Crippen LogP contribution in [0.3, 0.4) is 0 Å². The molecule has 0 aliphatic rings. The lowest BCUT2D eigenvalue weighted by molar-refractivity contribution is -0.145. The van der Waals surface area contributed by atoms with E-state index in [0.717, 1.165) is 5.56 Å². The molecular weight excluding hydrogens is 483 g/mol. The number of thioether (sulfide) groups is 1. The van der Waals surface area contributed by atoms with Crippen molar-refractivity contribution in [3.8, 4) is 6.07 Å². The van der Waals surface area contributed by atoms with Crippen molar-refractivity contribution < 1.29 is 18.7 Å². The second kappa shape index (κ2) is 13.1. The smallest absolute Gasteiger partial charge is 0.306 e. The number of nitriles is 1. The maximum atomic E-state index is 13.2. The predicted octanol–water partition coefficient (Wildman–Crippen LogP) is 4.06. The van der Waals surface area contributed by atoms with E-state index < -0.39 is 24.6 Å². The highest BCUT2D eigenvalue weighted by Crippen LogP contribution is 2.25. The fraction of sp³-hybridized carbons (Fsp3) is 0.240. The zero-order valence-corrected chi connectivity index (χ0v) is 20.3. The van der Waals surface area contributed by atoms with Crippen LogP contribution in [0, 0.1) is 11.3 Å². The van der Waals surface area contributed by atoms with E-state index in [4.69, 9.17) is 10.5 Å². The molecule has 1 heterocycles. The van der Waals surface area contributed by atoms with E-state index in [9.17, 15) is 19.2 Å². The topological polar surface area (TPSA) is 143 Å². The Balaban J connectivity index is 1.77. The highest BCUT2D eigenvalue weighted by atomic mass is 32.2.